The molecule has 1 unspecified atom stereocenters. The number of carbonyl (C=O) groups is 2. The Morgan fingerprint density at radius 3 is 3.00 bits per heavy atom. The Labute approximate surface area is 96.4 Å². The van der Waals surface area contributed by atoms with Crippen LogP contribution in [0.4, 0.5) is 0 Å². The third-order valence-corrected chi connectivity index (χ3v) is 2.83. The summed E-state index contributed by atoms with van der Waals surface area (Å²) in [6.45, 7) is 4.26. The maximum absolute atomic E-state index is 11.9. The summed E-state index contributed by atoms with van der Waals surface area (Å²) >= 11 is 0. The number of piperidine rings is 1. The van der Waals surface area contributed by atoms with E-state index in [1.165, 1.54) is 0 Å². The summed E-state index contributed by atoms with van der Waals surface area (Å²) in [6, 6.07) is -0.0349. The number of rotatable bonds is 6. The largest absolute Gasteiger partial charge is 0.370 e. The molecule has 5 heteroatoms. The van der Waals surface area contributed by atoms with Gasteiger partial charge in [0.1, 0.15) is 0 Å². The van der Waals surface area contributed by atoms with Gasteiger partial charge >= 0.3 is 0 Å². The van der Waals surface area contributed by atoms with E-state index in [1.54, 1.807) is 0 Å². The van der Waals surface area contributed by atoms with Gasteiger partial charge in [-0.1, -0.05) is 6.92 Å². The lowest BCUT2D eigenvalue weighted by Gasteiger charge is -2.32. The van der Waals surface area contributed by atoms with Gasteiger partial charge in [-0.2, -0.15) is 0 Å². The number of primary amides is 1. The molecule has 0 saturated carbocycles. The van der Waals surface area contributed by atoms with E-state index in [0.717, 1.165) is 25.9 Å². The van der Waals surface area contributed by atoms with Crippen LogP contribution in [0, 0.1) is 0 Å². The van der Waals surface area contributed by atoms with Crippen molar-refractivity contribution >= 4 is 11.8 Å². The minimum atomic E-state index is -0.298. The molecule has 1 rings (SSSR count). The highest BCUT2D eigenvalue weighted by molar-refractivity contribution is 5.82. The average molecular weight is 227 g/mol. The average Bonchev–Trinajstić information content (AvgIpc) is 2.23. The second-order valence-electron chi connectivity index (χ2n) is 4.15. The molecule has 16 heavy (non-hydrogen) atoms. The van der Waals surface area contributed by atoms with Crippen molar-refractivity contribution in [2.45, 2.75) is 38.6 Å². The van der Waals surface area contributed by atoms with Crippen molar-refractivity contribution in [2.75, 3.05) is 19.6 Å². The predicted molar refractivity (Wildman–Crippen MR) is 61.7 cm³/mol. The molecule has 0 bridgehead atoms. The second kappa shape index (κ2) is 6.48. The molecule has 0 aromatic rings. The highest BCUT2D eigenvalue weighted by Crippen LogP contribution is 2.12. The van der Waals surface area contributed by atoms with Crippen molar-refractivity contribution in [3.05, 3.63) is 0 Å². The first-order valence-corrected chi connectivity index (χ1v) is 5.95. The van der Waals surface area contributed by atoms with E-state index in [4.69, 9.17) is 5.73 Å². The van der Waals surface area contributed by atoms with Crippen LogP contribution >= 0.6 is 0 Å². The topological polar surface area (TPSA) is 75.4 Å². The Balaban J connectivity index is 2.35. The fourth-order valence-electron chi connectivity index (χ4n) is 2.04. The van der Waals surface area contributed by atoms with Crippen LogP contribution in [0.2, 0.25) is 0 Å². The van der Waals surface area contributed by atoms with Crippen LogP contribution in [0.15, 0.2) is 0 Å². The van der Waals surface area contributed by atoms with E-state index < -0.39 is 0 Å². The summed E-state index contributed by atoms with van der Waals surface area (Å²) in [7, 11) is 0. The van der Waals surface area contributed by atoms with Gasteiger partial charge in [-0.3, -0.25) is 9.59 Å². The lowest BCUT2D eigenvalue weighted by atomic mass is 10.0. The molecular weight excluding hydrogens is 206 g/mol. The van der Waals surface area contributed by atoms with Gasteiger partial charge in [0.15, 0.2) is 0 Å². The summed E-state index contributed by atoms with van der Waals surface area (Å²) in [5.74, 6) is -0.134. The number of nitrogens with zero attached hydrogens (tertiary/aromatic N) is 1. The number of nitrogens with one attached hydrogen (secondary N) is 1. The zero-order valence-electron chi connectivity index (χ0n) is 9.87. The number of hydrogen-bond donors (Lipinski definition) is 2. The highest BCUT2D eigenvalue weighted by atomic mass is 16.2. The van der Waals surface area contributed by atoms with Crippen LogP contribution in [0.3, 0.4) is 0 Å². The summed E-state index contributed by atoms with van der Waals surface area (Å²) < 4.78 is 0. The van der Waals surface area contributed by atoms with Gasteiger partial charge in [-0.15, -0.1) is 0 Å². The molecule has 1 aliphatic rings. The summed E-state index contributed by atoms with van der Waals surface area (Å²) in [4.78, 5) is 24.4. The molecule has 92 valence electrons. The molecule has 1 fully saturated rings. The number of carbonyl (C=O) groups excluding carboxylic acids is 2. The Hall–Kier alpha value is -1.10. The number of nitrogens with two attached hydrogens (primary N) is 1. The van der Waals surface area contributed by atoms with Crippen LogP contribution in [0.1, 0.15) is 32.6 Å². The lowest BCUT2D eigenvalue weighted by molar-refractivity contribution is -0.136. The first-order valence-electron chi connectivity index (χ1n) is 5.95. The van der Waals surface area contributed by atoms with Crippen LogP contribution in [-0.2, 0) is 9.59 Å². The van der Waals surface area contributed by atoms with Gasteiger partial charge in [-0.25, -0.2) is 0 Å². The molecule has 0 spiro atoms. The summed E-state index contributed by atoms with van der Waals surface area (Å²) in [5, 5.41) is 3.18. The Morgan fingerprint density at radius 2 is 2.38 bits per heavy atom. The standard InChI is InChI=1S/C11H21N3O2/c1-2-13-9-5-3-7-14(11(9)16)8-4-6-10(12)15/h9,13H,2-8H2,1H3,(H2,12,15). The van der Waals surface area contributed by atoms with Crippen LogP contribution in [0.5, 0.6) is 0 Å². The first kappa shape index (κ1) is 13.0. The molecule has 0 aromatic carbocycles. The summed E-state index contributed by atoms with van der Waals surface area (Å²) in [5.41, 5.74) is 5.06. The Morgan fingerprint density at radius 1 is 1.62 bits per heavy atom. The maximum Gasteiger partial charge on any atom is 0.239 e. The Bertz CT molecular complexity index is 254. The molecule has 5 nitrogen and oxygen atoms in total. The first-order chi connectivity index (χ1) is 7.65. The fourth-order valence-corrected chi connectivity index (χ4v) is 2.04. The second-order valence-corrected chi connectivity index (χ2v) is 4.15. The predicted octanol–water partition coefficient (Wildman–Crippen LogP) is -0.148. The van der Waals surface area contributed by atoms with E-state index in [-0.39, 0.29) is 17.9 Å². The van der Waals surface area contributed by atoms with Gasteiger partial charge in [0.2, 0.25) is 11.8 Å². The third-order valence-electron chi connectivity index (χ3n) is 2.83. The van der Waals surface area contributed by atoms with Gasteiger partial charge in [0.05, 0.1) is 6.04 Å². The zero-order valence-corrected chi connectivity index (χ0v) is 9.87. The molecule has 2 amide bonds. The number of hydrogen-bond acceptors (Lipinski definition) is 3. The van der Waals surface area contributed by atoms with Crippen molar-refractivity contribution in [1.29, 1.82) is 0 Å². The van der Waals surface area contributed by atoms with E-state index >= 15 is 0 Å². The molecule has 0 radical (unpaired) electrons. The van der Waals surface area contributed by atoms with E-state index in [1.807, 2.05) is 11.8 Å². The van der Waals surface area contributed by atoms with Crippen molar-refractivity contribution in [3.8, 4) is 0 Å². The molecule has 0 aromatic heterocycles. The van der Waals surface area contributed by atoms with Crippen molar-refractivity contribution in [2.24, 2.45) is 5.73 Å². The summed E-state index contributed by atoms with van der Waals surface area (Å²) in [6.07, 6.45) is 2.97. The van der Waals surface area contributed by atoms with Crippen molar-refractivity contribution in [3.63, 3.8) is 0 Å². The molecule has 1 atom stereocenters. The van der Waals surface area contributed by atoms with Crippen LogP contribution in [-0.4, -0.2) is 42.4 Å². The normalized spacial score (nSPS) is 21.2. The minimum absolute atomic E-state index is 0.0349. The van der Waals surface area contributed by atoms with Gasteiger partial charge in [0, 0.05) is 19.5 Å². The van der Waals surface area contributed by atoms with Gasteiger partial charge in [-0.05, 0) is 25.8 Å². The van der Waals surface area contributed by atoms with E-state index in [0.29, 0.717) is 19.4 Å². The smallest absolute Gasteiger partial charge is 0.239 e. The SMILES string of the molecule is CCNC1CCCN(CCCC(N)=O)C1=O. The fraction of sp³-hybridized carbons (Fsp3) is 0.818. The number of likely N-dealkylation sites (N-methyl/N-ethyl adjacent to an activating group) is 1. The molecule has 1 heterocycles. The molecule has 3 N–H and O–H groups in total. The number of likely N-dealkylation sites (tertiary alicyclic amines) is 1. The highest BCUT2D eigenvalue weighted by Gasteiger charge is 2.27. The van der Waals surface area contributed by atoms with Gasteiger partial charge in [0.25, 0.3) is 0 Å². The van der Waals surface area contributed by atoms with Crippen molar-refractivity contribution in [1.82, 2.24) is 10.2 Å². The Kier molecular flexibility index (Phi) is 5.25. The third kappa shape index (κ3) is 3.81. The van der Waals surface area contributed by atoms with Gasteiger partial charge < -0.3 is 16.0 Å². The zero-order chi connectivity index (χ0) is 12.0. The molecule has 0 aliphatic carbocycles. The van der Waals surface area contributed by atoms with Crippen LogP contribution in [0.25, 0.3) is 0 Å². The van der Waals surface area contributed by atoms with Crippen molar-refractivity contribution < 1.29 is 9.59 Å². The lowest BCUT2D eigenvalue weighted by Crippen LogP contribution is -2.50. The van der Waals surface area contributed by atoms with E-state index in [9.17, 15) is 9.59 Å². The number of amides is 2. The van der Waals surface area contributed by atoms with E-state index in [2.05, 4.69) is 5.32 Å². The molecule has 1 saturated heterocycles. The van der Waals surface area contributed by atoms with Crippen LogP contribution < -0.4 is 11.1 Å². The minimum Gasteiger partial charge on any atom is -0.370 e. The molecule has 1 aliphatic heterocycles. The maximum atomic E-state index is 11.9. The monoisotopic (exact) mass is 227 g/mol. The molecular formula is C11H21N3O2. The quantitative estimate of drug-likeness (QED) is 0.662.